The van der Waals surface area contributed by atoms with E-state index in [4.69, 9.17) is 5.11 Å². The van der Waals surface area contributed by atoms with Crippen LogP contribution in [-0.2, 0) is 0 Å². The normalized spacial score (nSPS) is 18.6. The largest absolute Gasteiger partial charge is 0.396 e. The molecule has 2 N–H and O–H groups in total. The molecule has 0 aromatic rings. The fourth-order valence-electron chi connectivity index (χ4n) is 2.01. The standard InChI is InChI=1S/C12H24N2O2/c1-12(2,3)13-11(16)14-7-4-10(5-8-14)6-9-15/h10,15H,4-9H2,1-3H3,(H,13,16). The lowest BCUT2D eigenvalue weighted by molar-refractivity contribution is 0.152. The highest BCUT2D eigenvalue weighted by Crippen LogP contribution is 2.20. The van der Waals surface area contributed by atoms with Gasteiger partial charge in [0.1, 0.15) is 0 Å². The minimum atomic E-state index is -0.168. The van der Waals surface area contributed by atoms with Gasteiger partial charge in [0.15, 0.2) is 0 Å². The molecule has 0 aromatic heterocycles. The van der Waals surface area contributed by atoms with Gasteiger partial charge in [0.05, 0.1) is 0 Å². The molecule has 0 aliphatic carbocycles. The number of aliphatic hydroxyl groups is 1. The molecule has 0 saturated carbocycles. The number of nitrogens with one attached hydrogen (secondary N) is 1. The predicted octanol–water partition coefficient (Wildman–Crippen LogP) is 1.59. The van der Waals surface area contributed by atoms with Crippen LogP contribution in [0.1, 0.15) is 40.0 Å². The zero-order valence-electron chi connectivity index (χ0n) is 10.6. The number of amides is 2. The summed E-state index contributed by atoms with van der Waals surface area (Å²) in [6.45, 7) is 7.86. The number of carbonyl (C=O) groups is 1. The fraction of sp³-hybridized carbons (Fsp3) is 0.917. The molecule has 0 atom stereocenters. The average Bonchev–Trinajstić information content (AvgIpc) is 2.16. The molecule has 1 fully saturated rings. The number of nitrogens with zero attached hydrogens (tertiary/aromatic N) is 1. The summed E-state index contributed by atoms with van der Waals surface area (Å²) in [5.74, 6) is 0.587. The van der Waals surface area contributed by atoms with E-state index in [2.05, 4.69) is 5.32 Å². The number of hydrogen-bond donors (Lipinski definition) is 2. The number of urea groups is 1. The maximum absolute atomic E-state index is 11.8. The zero-order chi connectivity index (χ0) is 12.2. The summed E-state index contributed by atoms with van der Waals surface area (Å²) < 4.78 is 0. The van der Waals surface area contributed by atoms with E-state index in [1.165, 1.54) is 0 Å². The second-order valence-corrected chi connectivity index (χ2v) is 5.62. The molecule has 1 heterocycles. The van der Waals surface area contributed by atoms with Gasteiger partial charge >= 0.3 is 6.03 Å². The van der Waals surface area contributed by atoms with Crippen molar-refractivity contribution in [1.29, 1.82) is 0 Å². The first-order chi connectivity index (χ1) is 7.42. The predicted molar refractivity (Wildman–Crippen MR) is 64.3 cm³/mol. The van der Waals surface area contributed by atoms with Crippen molar-refractivity contribution in [2.75, 3.05) is 19.7 Å². The summed E-state index contributed by atoms with van der Waals surface area (Å²) in [5, 5.41) is 11.8. The maximum Gasteiger partial charge on any atom is 0.317 e. The van der Waals surface area contributed by atoms with Crippen molar-refractivity contribution < 1.29 is 9.90 Å². The van der Waals surface area contributed by atoms with Gasteiger partial charge in [-0.1, -0.05) is 0 Å². The number of piperidine rings is 1. The Labute approximate surface area is 98.0 Å². The molecular weight excluding hydrogens is 204 g/mol. The van der Waals surface area contributed by atoms with Crippen LogP contribution in [0.5, 0.6) is 0 Å². The molecule has 2 amide bonds. The van der Waals surface area contributed by atoms with Gasteiger partial charge in [0.25, 0.3) is 0 Å². The van der Waals surface area contributed by atoms with E-state index in [1.807, 2.05) is 25.7 Å². The van der Waals surface area contributed by atoms with Crippen molar-refractivity contribution in [3.8, 4) is 0 Å². The second-order valence-electron chi connectivity index (χ2n) is 5.62. The van der Waals surface area contributed by atoms with Crippen molar-refractivity contribution in [2.45, 2.75) is 45.6 Å². The Hall–Kier alpha value is -0.770. The molecule has 1 saturated heterocycles. The number of hydrogen-bond acceptors (Lipinski definition) is 2. The smallest absolute Gasteiger partial charge is 0.317 e. The highest BCUT2D eigenvalue weighted by Gasteiger charge is 2.24. The van der Waals surface area contributed by atoms with Crippen molar-refractivity contribution in [2.24, 2.45) is 5.92 Å². The van der Waals surface area contributed by atoms with Crippen molar-refractivity contribution in [1.82, 2.24) is 10.2 Å². The molecule has 1 aliphatic rings. The van der Waals surface area contributed by atoms with Crippen LogP contribution in [0.15, 0.2) is 0 Å². The number of likely N-dealkylation sites (tertiary alicyclic amines) is 1. The molecule has 0 spiro atoms. The molecule has 1 aliphatic heterocycles. The van der Waals surface area contributed by atoms with Gasteiger partial charge < -0.3 is 15.3 Å². The minimum absolute atomic E-state index is 0.0370. The summed E-state index contributed by atoms with van der Waals surface area (Å²) in [7, 11) is 0. The van der Waals surface area contributed by atoms with Gasteiger partial charge in [-0.25, -0.2) is 4.79 Å². The summed E-state index contributed by atoms with van der Waals surface area (Å²) >= 11 is 0. The van der Waals surface area contributed by atoms with Crippen LogP contribution in [0.4, 0.5) is 4.79 Å². The monoisotopic (exact) mass is 228 g/mol. The minimum Gasteiger partial charge on any atom is -0.396 e. The van der Waals surface area contributed by atoms with Crippen molar-refractivity contribution in [3.63, 3.8) is 0 Å². The fourth-order valence-corrected chi connectivity index (χ4v) is 2.01. The molecule has 94 valence electrons. The van der Waals surface area contributed by atoms with Gasteiger partial charge in [-0.05, 0) is 46.0 Å². The van der Waals surface area contributed by atoms with Crippen LogP contribution in [0.25, 0.3) is 0 Å². The molecular formula is C12H24N2O2. The number of aliphatic hydroxyl groups excluding tert-OH is 1. The van der Waals surface area contributed by atoms with E-state index in [0.29, 0.717) is 5.92 Å². The summed E-state index contributed by atoms with van der Waals surface area (Å²) in [6.07, 6.45) is 2.89. The molecule has 0 bridgehead atoms. The lowest BCUT2D eigenvalue weighted by atomic mass is 9.94. The van der Waals surface area contributed by atoms with E-state index >= 15 is 0 Å². The highest BCUT2D eigenvalue weighted by molar-refractivity contribution is 5.75. The molecule has 1 rings (SSSR count). The van der Waals surface area contributed by atoms with Gasteiger partial charge in [-0.3, -0.25) is 0 Å². The first-order valence-corrected chi connectivity index (χ1v) is 6.10. The molecule has 0 aromatic carbocycles. The van der Waals surface area contributed by atoms with Gasteiger partial charge in [-0.2, -0.15) is 0 Å². The second kappa shape index (κ2) is 5.53. The van der Waals surface area contributed by atoms with Crippen LogP contribution in [0, 0.1) is 5.92 Å². The highest BCUT2D eigenvalue weighted by atomic mass is 16.3. The van der Waals surface area contributed by atoms with Crippen LogP contribution in [0.2, 0.25) is 0 Å². The number of rotatable bonds is 2. The Kier molecular flexibility index (Phi) is 4.59. The summed E-state index contributed by atoms with van der Waals surface area (Å²) in [6, 6.07) is 0.0370. The van der Waals surface area contributed by atoms with E-state index in [9.17, 15) is 4.79 Å². The Morgan fingerprint density at radius 1 is 1.38 bits per heavy atom. The Morgan fingerprint density at radius 2 is 1.94 bits per heavy atom. The summed E-state index contributed by atoms with van der Waals surface area (Å²) in [5.41, 5.74) is -0.168. The lowest BCUT2D eigenvalue weighted by Crippen LogP contribution is -2.50. The van der Waals surface area contributed by atoms with Gasteiger partial charge in [-0.15, -0.1) is 0 Å². The zero-order valence-corrected chi connectivity index (χ0v) is 10.6. The maximum atomic E-state index is 11.8. The Balaban J connectivity index is 2.33. The van der Waals surface area contributed by atoms with E-state index in [0.717, 1.165) is 32.4 Å². The van der Waals surface area contributed by atoms with E-state index in [-0.39, 0.29) is 18.2 Å². The third-order valence-corrected chi connectivity index (χ3v) is 2.92. The van der Waals surface area contributed by atoms with Crippen LogP contribution >= 0.6 is 0 Å². The van der Waals surface area contributed by atoms with Crippen LogP contribution in [0.3, 0.4) is 0 Å². The van der Waals surface area contributed by atoms with Crippen molar-refractivity contribution >= 4 is 6.03 Å². The van der Waals surface area contributed by atoms with Crippen LogP contribution in [-0.4, -0.2) is 41.3 Å². The Morgan fingerprint density at radius 3 is 2.38 bits per heavy atom. The lowest BCUT2D eigenvalue weighted by Gasteiger charge is -2.34. The first kappa shape index (κ1) is 13.3. The Bertz CT molecular complexity index is 228. The van der Waals surface area contributed by atoms with E-state index in [1.54, 1.807) is 0 Å². The topological polar surface area (TPSA) is 52.6 Å². The summed E-state index contributed by atoms with van der Waals surface area (Å²) in [4.78, 5) is 13.7. The molecule has 4 nitrogen and oxygen atoms in total. The third-order valence-electron chi connectivity index (χ3n) is 2.92. The molecule has 0 radical (unpaired) electrons. The molecule has 4 heteroatoms. The quantitative estimate of drug-likeness (QED) is 0.754. The van der Waals surface area contributed by atoms with Gasteiger partial charge in [0, 0.05) is 25.2 Å². The average molecular weight is 228 g/mol. The first-order valence-electron chi connectivity index (χ1n) is 6.10. The molecule has 0 unspecified atom stereocenters. The van der Waals surface area contributed by atoms with Gasteiger partial charge in [0.2, 0.25) is 0 Å². The SMILES string of the molecule is CC(C)(C)NC(=O)N1CCC(CCO)CC1. The number of carbonyl (C=O) groups excluding carboxylic acids is 1. The molecule has 16 heavy (non-hydrogen) atoms. The van der Waals surface area contributed by atoms with Crippen LogP contribution < -0.4 is 5.32 Å². The van der Waals surface area contributed by atoms with E-state index < -0.39 is 0 Å². The van der Waals surface area contributed by atoms with Crippen molar-refractivity contribution in [3.05, 3.63) is 0 Å². The third kappa shape index (κ3) is 4.39.